The summed E-state index contributed by atoms with van der Waals surface area (Å²) in [6.07, 6.45) is -0.696. The number of furan rings is 1. The maximum atomic E-state index is 9.79. The van der Waals surface area contributed by atoms with E-state index in [1.54, 1.807) is 0 Å². The van der Waals surface area contributed by atoms with Crippen LogP contribution in [0.4, 0.5) is 0 Å². The summed E-state index contributed by atoms with van der Waals surface area (Å²) in [5.74, 6) is -1.52. The molecule has 0 aliphatic heterocycles. The summed E-state index contributed by atoms with van der Waals surface area (Å²) in [7, 11) is 0. The summed E-state index contributed by atoms with van der Waals surface area (Å²) in [5.41, 5.74) is -6.50. The van der Waals surface area contributed by atoms with Gasteiger partial charge in [-0.1, -0.05) is 193 Å². The molecule has 3 aromatic heterocycles. The van der Waals surface area contributed by atoms with Crippen LogP contribution in [0, 0.1) is 0 Å². The van der Waals surface area contributed by atoms with Crippen LogP contribution in [0.15, 0.2) is 222 Å². The first kappa shape index (κ1) is 16.1. The quantitative estimate of drug-likeness (QED) is 0.124. The highest BCUT2D eigenvalue weighted by Crippen LogP contribution is 2.53. The van der Waals surface area contributed by atoms with Gasteiger partial charge in [-0.15, -0.1) is 0 Å². The van der Waals surface area contributed by atoms with Gasteiger partial charge in [0.25, 0.3) is 0 Å². The van der Waals surface area contributed by atoms with Crippen LogP contribution < -0.4 is 0 Å². The average Bonchev–Trinajstić information content (AvgIpc) is 1.68. The molecule has 0 N–H and O–H groups in total. The van der Waals surface area contributed by atoms with E-state index in [1.165, 1.54) is 36.4 Å². The summed E-state index contributed by atoms with van der Waals surface area (Å²) < 4.78 is 280. The summed E-state index contributed by atoms with van der Waals surface area (Å²) in [5, 5.41) is -3.64. The fourth-order valence-electron chi connectivity index (χ4n) is 7.65. The van der Waals surface area contributed by atoms with E-state index in [2.05, 4.69) is 4.98 Å². The Morgan fingerprint density at radius 3 is 1.44 bits per heavy atom. The Labute approximate surface area is 395 Å². The van der Waals surface area contributed by atoms with Crippen LogP contribution >= 0.6 is 0 Å². The van der Waals surface area contributed by atoms with Gasteiger partial charge in [0.15, 0.2) is 0 Å². The zero-order chi connectivity index (χ0) is 66.4. The van der Waals surface area contributed by atoms with Crippen LogP contribution in [0.25, 0.3) is 121 Å². The first-order chi connectivity index (χ1) is 42.7. The topological polar surface area (TPSA) is 38.9 Å². The summed E-state index contributed by atoms with van der Waals surface area (Å²) in [6, 6.07) is -18.3. The van der Waals surface area contributed by atoms with Crippen molar-refractivity contribution in [1.82, 2.24) is 9.97 Å². The highest BCUT2D eigenvalue weighted by atomic mass is 16.3. The fourth-order valence-corrected chi connectivity index (χ4v) is 7.65. The van der Waals surface area contributed by atoms with Crippen molar-refractivity contribution in [2.45, 2.75) is 0 Å². The van der Waals surface area contributed by atoms with Gasteiger partial charge in [0.2, 0.25) is 0 Å². The molecule has 0 aliphatic rings. The van der Waals surface area contributed by atoms with Crippen LogP contribution in [-0.2, 0) is 0 Å². The number of fused-ring (bicyclic) bond motifs is 6. The predicted octanol–water partition coefficient (Wildman–Crippen LogP) is 15.8. The van der Waals surface area contributed by atoms with Gasteiger partial charge in [0.1, 0.15) is 11.5 Å². The van der Waals surface area contributed by atoms with E-state index >= 15 is 0 Å². The minimum atomic E-state index is -1.05. The van der Waals surface area contributed by atoms with Gasteiger partial charge < -0.3 is 4.42 Å². The fraction of sp³-hybridized carbons (Fsp3) is 0. The van der Waals surface area contributed by atoms with Crippen LogP contribution in [0.2, 0.25) is 0 Å². The van der Waals surface area contributed by atoms with Crippen LogP contribution in [-0.4, -0.2) is 9.97 Å². The van der Waals surface area contributed by atoms with Crippen molar-refractivity contribution < 1.29 is 45.5 Å². The van der Waals surface area contributed by atoms with Crippen molar-refractivity contribution in [3.8, 4) is 67.3 Å². The second kappa shape index (κ2) is 14.3. The lowest BCUT2D eigenvalue weighted by atomic mass is 9.85. The Balaban J connectivity index is 1.36. The number of nitrogens with zero attached hydrogens (tertiary/aromatic N) is 2. The van der Waals surface area contributed by atoms with Crippen molar-refractivity contribution in [3.63, 3.8) is 0 Å². The molecule has 61 heavy (non-hydrogen) atoms. The molecule has 0 unspecified atom stereocenters. The molecule has 0 atom stereocenters. The third kappa shape index (κ3) is 5.66. The van der Waals surface area contributed by atoms with Gasteiger partial charge in [-0.25, -0.2) is 4.98 Å². The highest BCUT2D eigenvalue weighted by Gasteiger charge is 2.29. The molecule has 3 heteroatoms. The minimum absolute atomic E-state index is 0.0258. The van der Waals surface area contributed by atoms with E-state index in [-0.39, 0.29) is 49.4 Å². The molecule has 0 saturated heterocycles. The van der Waals surface area contributed by atoms with Crippen molar-refractivity contribution in [2.24, 2.45) is 0 Å². The molecule has 0 fully saturated rings. The number of hydrogen-bond acceptors (Lipinski definition) is 3. The van der Waals surface area contributed by atoms with E-state index < -0.39 is 253 Å². The smallest absolute Gasteiger partial charge is 0.144 e. The number of pyridine rings is 2. The molecule has 3 nitrogen and oxygen atoms in total. The monoisotopic (exact) mass is 806 g/mol. The molecule has 0 amide bonds. The standard InChI is InChI=1S/C58H36N2O/c1-4-17-37(18-5-1)51-45-26-12-14-28-47(45)54(48-29-15-13-27-46(48)51)58-53(39-21-8-3-9-22-39)52(38-19-6-2-7-20-38)57(61-58)49-34-33-44(42-24-10-11-25-43(42)49)50-35-32-41-31-30-40-23-16-36-59-55(40)56(41)60-50/h1-36H/i1D,2D,3D,4D,5D,6D,7D,8D,9D,12D,13D,14D,15D,16D,17D,18D,19D,20D,21D,22D,23D,26D,27D,28D,29D,30D,31D,32D,35D,36D. The Morgan fingerprint density at radius 1 is 0.361 bits per heavy atom. The minimum Gasteiger partial charge on any atom is -0.455 e. The van der Waals surface area contributed by atoms with E-state index in [4.69, 9.17) is 34.1 Å². The first-order valence-electron chi connectivity index (χ1n) is 33.3. The van der Waals surface area contributed by atoms with Crippen LogP contribution in [0.1, 0.15) is 41.1 Å². The molecule has 284 valence electrons. The lowest BCUT2D eigenvalue weighted by molar-refractivity contribution is 0.600. The Hall–Kier alpha value is -8.14. The SMILES string of the molecule is [2H]c1nc2c(c([2H])c1[2H])c([2H])c([2H])c1c([2H])c([2H])c(-c3ccc(-c4oc(-c5c6c([2H])c([2H])c([2H])c([2H])c6c(-c6c([2H])c([2H])c([2H])c([2H])c6[2H])c6c([2H])c([2H])c([2H])c([2H])c56)c(-c5c([2H])c([2H])c([2H])c([2H])c5[2H])c4-c4c([2H])c([2H])c([2H])c([2H])c4[2H])c4ccccc34)nc12. The first-order valence-corrected chi connectivity index (χ1v) is 18.3. The molecule has 0 bridgehead atoms. The Bertz CT molecular complexity index is 5260. The molecule has 0 radical (unpaired) electrons. The lowest BCUT2D eigenvalue weighted by Crippen LogP contribution is -1.91. The van der Waals surface area contributed by atoms with Gasteiger partial charge in [-0.2, -0.15) is 0 Å². The number of hydrogen-bond donors (Lipinski definition) is 0. The summed E-state index contributed by atoms with van der Waals surface area (Å²) in [4.78, 5) is 8.87. The third-order valence-corrected chi connectivity index (χ3v) is 10.1. The third-order valence-electron chi connectivity index (χ3n) is 10.1. The number of rotatable bonds is 6. The van der Waals surface area contributed by atoms with E-state index in [9.17, 15) is 16.4 Å². The summed E-state index contributed by atoms with van der Waals surface area (Å²) in [6.45, 7) is 0. The molecular formula is C58H36N2O. The van der Waals surface area contributed by atoms with Gasteiger partial charge in [0.05, 0.1) is 57.9 Å². The van der Waals surface area contributed by atoms with Crippen LogP contribution in [0.3, 0.4) is 0 Å². The molecule has 9 aromatic carbocycles. The summed E-state index contributed by atoms with van der Waals surface area (Å²) >= 11 is 0. The maximum absolute atomic E-state index is 9.79. The van der Waals surface area contributed by atoms with Gasteiger partial charge in [0, 0.05) is 44.8 Å². The van der Waals surface area contributed by atoms with Gasteiger partial charge in [-0.05, 0) is 72.7 Å². The van der Waals surface area contributed by atoms with Gasteiger partial charge >= 0.3 is 0 Å². The second-order valence-corrected chi connectivity index (χ2v) is 13.3. The van der Waals surface area contributed by atoms with Crippen molar-refractivity contribution >= 4 is 54.1 Å². The lowest BCUT2D eigenvalue weighted by Gasteiger charge is -2.17. The van der Waals surface area contributed by atoms with Crippen molar-refractivity contribution in [2.75, 3.05) is 0 Å². The maximum Gasteiger partial charge on any atom is 0.144 e. The average molecular weight is 807 g/mol. The normalized spacial score (nSPS) is 18.5. The Kier molecular flexibility index (Phi) is 3.78. The Morgan fingerprint density at radius 2 is 0.836 bits per heavy atom. The van der Waals surface area contributed by atoms with Crippen molar-refractivity contribution in [3.05, 3.63) is 218 Å². The van der Waals surface area contributed by atoms with E-state index in [0.717, 1.165) is 0 Å². The molecule has 0 aliphatic carbocycles. The molecule has 0 spiro atoms. The zero-order valence-electron chi connectivity index (χ0n) is 60.8. The highest BCUT2D eigenvalue weighted by molar-refractivity contribution is 6.23. The van der Waals surface area contributed by atoms with Crippen LogP contribution in [0.5, 0.6) is 0 Å². The van der Waals surface area contributed by atoms with Gasteiger partial charge in [-0.3, -0.25) is 4.98 Å². The predicted molar refractivity (Wildman–Crippen MR) is 254 cm³/mol. The van der Waals surface area contributed by atoms with Crippen molar-refractivity contribution in [1.29, 1.82) is 0 Å². The number of aromatic nitrogens is 2. The number of benzene rings is 9. The molecule has 12 aromatic rings. The van der Waals surface area contributed by atoms with E-state index in [1.807, 2.05) is 0 Å². The molecular weight excluding hydrogens is 741 g/mol. The molecule has 3 heterocycles. The largest absolute Gasteiger partial charge is 0.455 e. The molecule has 12 rings (SSSR count). The second-order valence-electron chi connectivity index (χ2n) is 13.3. The van der Waals surface area contributed by atoms with E-state index in [0.29, 0.717) is 0 Å². The molecule has 0 saturated carbocycles. The zero-order valence-corrected chi connectivity index (χ0v) is 30.8.